The van der Waals surface area contributed by atoms with Crippen molar-refractivity contribution < 1.29 is 14.3 Å². The number of likely N-dealkylation sites (tertiary alicyclic amines) is 1. The van der Waals surface area contributed by atoms with Crippen LogP contribution in [-0.2, 0) is 17.9 Å². The van der Waals surface area contributed by atoms with Crippen molar-refractivity contribution >= 4 is 38.9 Å². The lowest BCUT2D eigenvalue weighted by Crippen LogP contribution is -2.35. The topological polar surface area (TPSA) is 84.7 Å². The van der Waals surface area contributed by atoms with Crippen LogP contribution in [0.1, 0.15) is 39.5 Å². The van der Waals surface area contributed by atoms with Gasteiger partial charge < -0.3 is 9.64 Å². The van der Waals surface area contributed by atoms with Crippen LogP contribution >= 0.6 is 11.3 Å². The summed E-state index contributed by atoms with van der Waals surface area (Å²) in [6.45, 7) is 6.28. The number of fused-ring (bicyclic) bond motifs is 2. The minimum Gasteiger partial charge on any atom is -0.482 e. The van der Waals surface area contributed by atoms with Crippen molar-refractivity contribution in [1.29, 1.82) is 0 Å². The van der Waals surface area contributed by atoms with Crippen LogP contribution in [0.5, 0.6) is 5.75 Å². The van der Waals surface area contributed by atoms with Gasteiger partial charge in [0.05, 0.1) is 24.2 Å². The first-order valence-corrected chi connectivity index (χ1v) is 11.9. The zero-order valence-electron chi connectivity index (χ0n) is 19.0. The van der Waals surface area contributed by atoms with E-state index in [0.717, 1.165) is 41.2 Å². The first-order valence-electron chi connectivity index (χ1n) is 11.1. The minimum absolute atomic E-state index is 0.0167. The molecule has 2 aliphatic heterocycles. The molecule has 0 N–H and O–H groups in total. The average molecular weight is 467 g/mol. The molecule has 3 aromatic rings. The Hall–Kier alpha value is -3.04. The molecule has 1 fully saturated rings. The third-order valence-electron chi connectivity index (χ3n) is 6.60. The predicted octanol–water partition coefficient (Wildman–Crippen LogP) is 2.91. The molecule has 5 rings (SSSR count). The molecule has 0 atom stereocenters. The van der Waals surface area contributed by atoms with Gasteiger partial charge in [0, 0.05) is 17.5 Å². The molecule has 172 valence electrons. The number of benzene rings is 1. The number of aromatic nitrogens is 2. The van der Waals surface area contributed by atoms with E-state index in [9.17, 15) is 14.4 Å². The van der Waals surface area contributed by atoms with Crippen LogP contribution in [0.25, 0.3) is 10.2 Å². The van der Waals surface area contributed by atoms with E-state index >= 15 is 0 Å². The number of carbonyl (C=O) groups excluding carboxylic acids is 2. The molecular weight excluding hydrogens is 440 g/mol. The number of carbonyl (C=O) groups is 2. The van der Waals surface area contributed by atoms with Crippen LogP contribution in [0, 0.1) is 13.8 Å². The van der Waals surface area contributed by atoms with Crippen molar-refractivity contribution in [1.82, 2.24) is 14.5 Å². The van der Waals surface area contributed by atoms with Crippen molar-refractivity contribution in [3.63, 3.8) is 0 Å². The van der Waals surface area contributed by atoms with Gasteiger partial charge >= 0.3 is 0 Å². The van der Waals surface area contributed by atoms with Gasteiger partial charge in [-0.15, -0.1) is 11.3 Å². The van der Waals surface area contributed by atoms with Crippen molar-refractivity contribution in [3.05, 3.63) is 50.4 Å². The first-order chi connectivity index (χ1) is 15.8. The number of nitrogens with zero attached hydrogens (tertiary/aromatic N) is 4. The minimum atomic E-state index is -0.209. The van der Waals surface area contributed by atoms with E-state index in [1.807, 2.05) is 13.8 Å². The Morgan fingerprint density at radius 3 is 2.70 bits per heavy atom. The van der Waals surface area contributed by atoms with Gasteiger partial charge in [-0.25, -0.2) is 4.98 Å². The molecule has 0 radical (unpaired) electrons. The zero-order chi connectivity index (χ0) is 23.3. The van der Waals surface area contributed by atoms with Crippen molar-refractivity contribution in [2.75, 3.05) is 31.6 Å². The summed E-state index contributed by atoms with van der Waals surface area (Å²) in [5.74, 6) is 0.805. The van der Waals surface area contributed by atoms with E-state index < -0.39 is 0 Å². The molecule has 2 aromatic heterocycles. The predicted molar refractivity (Wildman–Crippen MR) is 128 cm³/mol. The number of hydrogen-bond donors (Lipinski definition) is 0. The molecule has 1 aromatic carbocycles. The Balaban J connectivity index is 1.54. The number of anilines is 1. The Labute approximate surface area is 195 Å². The molecule has 4 heterocycles. The lowest BCUT2D eigenvalue weighted by Gasteiger charge is -2.26. The van der Waals surface area contributed by atoms with E-state index in [1.54, 1.807) is 25.2 Å². The maximum absolute atomic E-state index is 13.5. The Morgan fingerprint density at radius 2 is 1.94 bits per heavy atom. The molecule has 0 bridgehead atoms. The summed E-state index contributed by atoms with van der Waals surface area (Å²) in [6, 6.07) is 5.04. The third kappa shape index (κ3) is 3.85. The van der Waals surface area contributed by atoms with Gasteiger partial charge in [-0.1, -0.05) is 0 Å². The van der Waals surface area contributed by atoms with Gasteiger partial charge in [0.2, 0.25) is 0 Å². The molecule has 0 aliphatic carbocycles. The lowest BCUT2D eigenvalue weighted by molar-refractivity contribution is -0.120. The molecular formula is C24H26N4O4S. The molecule has 0 spiro atoms. The largest absolute Gasteiger partial charge is 0.482 e. The van der Waals surface area contributed by atoms with Crippen LogP contribution in [-0.4, -0.2) is 52.9 Å². The third-order valence-corrected chi connectivity index (χ3v) is 7.70. The number of likely N-dealkylation sites (N-methyl/N-ethyl adjacent to an activating group) is 1. The van der Waals surface area contributed by atoms with E-state index in [2.05, 4.69) is 4.90 Å². The van der Waals surface area contributed by atoms with Crippen molar-refractivity contribution in [3.8, 4) is 5.75 Å². The lowest BCUT2D eigenvalue weighted by atomic mass is 10.1. The molecule has 9 heteroatoms. The second kappa shape index (κ2) is 8.39. The van der Waals surface area contributed by atoms with Gasteiger partial charge in [0.1, 0.15) is 16.4 Å². The fourth-order valence-corrected chi connectivity index (χ4v) is 5.51. The molecule has 1 saturated heterocycles. The van der Waals surface area contributed by atoms with Gasteiger partial charge in [-0.05, 0) is 63.5 Å². The number of aryl methyl sites for hydroxylation is 2. The highest BCUT2D eigenvalue weighted by Gasteiger charge is 2.25. The number of rotatable bonds is 5. The highest BCUT2D eigenvalue weighted by molar-refractivity contribution is 7.18. The van der Waals surface area contributed by atoms with E-state index in [-0.39, 0.29) is 30.4 Å². The number of ketones is 1. The van der Waals surface area contributed by atoms with E-state index in [0.29, 0.717) is 34.8 Å². The second-order valence-corrected chi connectivity index (χ2v) is 9.92. The van der Waals surface area contributed by atoms with Crippen LogP contribution in [0.4, 0.5) is 5.69 Å². The number of hydrogen-bond acceptors (Lipinski definition) is 7. The van der Waals surface area contributed by atoms with Crippen LogP contribution in [0.3, 0.4) is 0 Å². The number of amides is 1. The fraction of sp³-hybridized carbons (Fsp3) is 0.417. The van der Waals surface area contributed by atoms with Crippen LogP contribution in [0.15, 0.2) is 23.0 Å². The summed E-state index contributed by atoms with van der Waals surface area (Å²) in [6.07, 6.45) is 2.26. The van der Waals surface area contributed by atoms with Gasteiger partial charge in [0.25, 0.3) is 11.5 Å². The summed E-state index contributed by atoms with van der Waals surface area (Å²) in [4.78, 5) is 49.3. The summed E-state index contributed by atoms with van der Waals surface area (Å²) in [5, 5.41) is 0.597. The van der Waals surface area contributed by atoms with E-state index in [4.69, 9.17) is 9.72 Å². The number of ether oxygens (including phenoxy) is 1. The Kier molecular flexibility index (Phi) is 5.54. The van der Waals surface area contributed by atoms with Crippen LogP contribution in [0.2, 0.25) is 0 Å². The van der Waals surface area contributed by atoms with Gasteiger partial charge in [-0.2, -0.15) is 0 Å². The maximum atomic E-state index is 13.5. The zero-order valence-corrected chi connectivity index (χ0v) is 19.8. The highest BCUT2D eigenvalue weighted by atomic mass is 32.1. The fourth-order valence-electron chi connectivity index (χ4n) is 4.47. The Morgan fingerprint density at radius 1 is 1.18 bits per heavy atom. The normalized spacial score (nSPS) is 16.3. The summed E-state index contributed by atoms with van der Waals surface area (Å²) in [5.41, 5.74) is 1.74. The van der Waals surface area contributed by atoms with Gasteiger partial charge in [0.15, 0.2) is 12.4 Å². The molecule has 2 aliphatic rings. The van der Waals surface area contributed by atoms with Crippen LogP contribution < -0.4 is 15.2 Å². The SMILES string of the molecule is Cc1sc2nc(CN3CCCC3)n(CC(=O)c3ccc4c(c3)N(C)C(=O)CO4)c(=O)c2c1C. The maximum Gasteiger partial charge on any atom is 0.264 e. The van der Waals surface area contributed by atoms with Crippen molar-refractivity contribution in [2.24, 2.45) is 0 Å². The Bertz CT molecular complexity index is 1340. The first kappa shape index (κ1) is 21.8. The smallest absolute Gasteiger partial charge is 0.264 e. The van der Waals surface area contributed by atoms with Gasteiger partial charge in [-0.3, -0.25) is 23.9 Å². The standard InChI is InChI=1S/C24H26N4O4S/c1-14-15(2)33-23-22(14)24(31)28(20(25-23)12-27-8-4-5-9-27)11-18(29)16-6-7-19-17(10-16)26(3)21(30)13-32-19/h6-7,10H,4-5,8-9,11-13H2,1-3H3. The molecule has 0 unspecified atom stereocenters. The highest BCUT2D eigenvalue weighted by Crippen LogP contribution is 2.32. The summed E-state index contributed by atoms with van der Waals surface area (Å²) in [7, 11) is 1.66. The number of thiophene rings is 1. The molecule has 1 amide bonds. The van der Waals surface area contributed by atoms with Crippen molar-refractivity contribution in [2.45, 2.75) is 39.8 Å². The monoisotopic (exact) mass is 466 g/mol. The number of Topliss-reactive ketones (excluding diaryl/α,β-unsaturated/α-hetero) is 1. The molecule has 33 heavy (non-hydrogen) atoms. The second-order valence-electron chi connectivity index (χ2n) is 8.71. The molecule has 0 saturated carbocycles. The quantitative estimate of drug-likeness (QED) is 0.538. The average Bonchev–Trinajstić information content (AvgIpc) is 3.41. The molecule has 8 nitrogen and oxygen atoms in total. The summed E-state index contributed by atoms with van der Waals surface area (Å²) >= 11 is 1.53. The van der Waals surface area contributed by atoms with E-state index in [1.165, 1.54) is 20.8 Å². The summed E-state index contributed by atoms with van der Waals surface area (Å²) < 4.78 is 7.00.